The number of amides is 1. The predicted octanol–water partition coefficient (Wildman–Crippen LogP) is 5.41. The van der Waals surface area contributed by atoms with Gasteiger partial charge in [0.15, 0.2) is 0 Å². The number of fused-ring (bicyclic) bond motifs is 2. The van der Waals surface area contributed by atoms with Gasteiger partial charge in [-0.3, -0.25) is 9.10 Å². The number of benzene rings is 2. The Hall–Kier alpha value is -2.38. The van der Waals surface area contributed by atoms with Crippen LogP contribution in [0, 0.1) is 23.6 Å². The number of rotatable bonds is 8. The molecule has 0 aliphatic heterocycles. The van der Waals surface area contributed by atoms with Gasteiger partial charge in [-0.2, -0.15) is 0 Å². The fraction of sp³-hybridized carbons (Fsp3) is 0.400. The second kappa shape index (κ2) is 9.47. The van der Waals surface area contributed by atoms with Gasteiger partial charge in [0.1, 0.15) is 10.7 Å². The summed E-state index contributed by atoms with van der Waals surface area (Å²) in [6.45, 7) is 5.61. The van der Waals surface area contributed by atoms with Gasteiger partial charge in [0, 0.05) is 11.6 Å². The molecule has 5 nitrogen and oxygen atoms in total. The van der Waals surface area contributed by atoms with Crippen molar-refractivity contribution in [3.63, 3.8) is 0 Å². The van der Waals surface area contributed by atoms with Crippen molar-refractivity contribution in [1.82, 2.24) is 5.32 Å². The number of carbonyl (C=O) groups is 1. The molecule has 0 spiro atoms. The van der Waals surface area contributed by atoms with Gasteiger partial charge in [-0.1, -0.05) is 24.1 Å². The van der Waals surface area contributed by atoms with E-state index in [2.05, 4.69) is 11.9 Å². The fourth-order valence-corrected chi connectivity index (χ4v) is 7.27. The fourth-order valence-electron chi connectivity index (χ4n) is 5.33. The van der Waals surface area contributed by atoms with Gasteiger partial charge in [-0.05, 0) is 86.4 Å². The molecule has 33 heavy (non-hydrogen) atoms. The Balaban J connectivity index is 1.59. The first kappa shape index (κ1) is 23.8. The zero-order chi connectivity index (χ0) is 23.8. The lowest BCUT2D eigenvalue weighted by atomic mass is 9.84. The van der Waals surface area contributed by atoms with Gasteiger partial charge >= 0.3 is 0 Å². The molecular weight excluding hydrogens is 463 g/mol. The van der Waals surface area contributed by atoms with E-state index in [1.807, 2.05) is 6.92 Å². The van der Waals surface area contributed by atoms with Crippen LogP contribution in [0.15, 0.2) is 60.0 Å². The molecular formula is C25H28ClFN2O3S. The summed E-state index contributed by atoms with van der Waals surface area (Å²) in [5.41, 5.74) is 0.498. The zero-order valence-electron chi connectivity index (χ0n) is 18.5. The molecule has 0 radical (unpaired) electrons. The Morgan fingerprint density at radius 1 is 1.24 bits per heavy atom. The monoisotopic (exact) mass is 490 g/mol. The third-order valence-corrected chi connectivity index (χ3v) is 9.24. The van der Waals surface area contributed by atoms with Crippen molar-refractivity contribution in [2.45, 2.75) is 43.5 Å². The van der Waals surface area contributed by atoms with E-state index in [1.54, 1.807) is 0 Å². The molecule has 4 atom stereocenters. The van der Waals surface area contributed by atoms with Crippen molar-refractivity contribution >= 4 is 33.2 Å². The van der Waals surface area contributed by atoms with E-state index in [-0.39, 0.29) is 39.7 Å². The molecule has 4 unspecified atom stereocenters. The van der Waals surface area contributed by atoms with Gasteiger partial charge in [0.2, 0.25) is 0 Å². The molecule has 2 bridgehead atoms. The first-order valence-electron chi connectivity index (χ1n) is 11.2. The third kappa shape index (κ3) is 4.80. The number of sulfonamides is 1. The van der Waals surface area contributed by atoms with Gasteiger partial charge in [-0.25, -0.2) is 12.8 Å². The molecule has 2 aromatic carbocycles. The summed E-state index contributed by atoms with van der Waals surface area (Å²) in [7, 11) is -4.14. The van der Waals surface area contributed by atoms with Gasteiger partial charge in [0.05, 0.1) is 17.3 Å². The van der Waals surface area contributed by atoms with Crippen molar-refractivity contribution < 1.29 is 17.6 Å². The average Bonchev–Trinajstić information content (AvgIpc) is 3.42. The summed E-state index contributed by atoms with van der Waals surface area (Å²) in [6, 6.07) is 9.38. The van der Waals surface area contributed by atoms with Crippen LogP contribution in [0.25, 0.3) is 0 Å². The highest BCUT2D eigenvalue weighted by molar-refractivity contribution is 7.93. The minimum absolute atomic E-state index is 0.00359. The van der Waals surface area contributed by atoms with Gasteiger partial charge in [-0.15, -0.1) is 6.58 Å². The molecule has 2 aliphatic rings. The Labute approximate surface area is 199 Å². The maximum atomic E-state index is 13.5. The number of carbonyl (C=O) groups excluding carboxylic acids is 1. The third-order valence-electron chi connectivity index (χ3n) is 6.96. The first-order valence-corrected chi connectivity index (χ1v) is 13.0. The molecule has 0 heterocycles. The van der Waals surface area contributed by atoms with E-state index >= 15 is 0 Å². The summed E-state index contributed by atoms with van der Waals surface area (Å²) in [4.78, 5) is 12.8. The number of nitrogens with one attached hydrogen (secondary N) is 1. The molecule has 1 N–H and O–H groups in total. The van der Waals surface area contributed by atoms with E-state index in [9.17, 15) is 17.6 Å². The topological polar surface area (TPSA) is 66.5 Å². The minimum atomic E-state index is -4.14. The largest absolute Gasteiger partial charge is 0.349 e. The van der Waals surface area contributed by atoms with Crippen LogP contribution in [-0.2, 0) is 10.0 Å². The van der Waals surface area contributed by atoms with Crippen LogP contribution in [0.2, 0.25) is 5.02 Å². The van der Waals surface area contributed by atoms with Crippen molar-refractivity contribution in [3.8, 4) is 0 Å². The summed E-state index contributed by atoms with van der Waals surface area (Å²) in [5.74, 6) is 1.10. The molecule has 8 heteroatoms. The number of anilines is 1. The van der Waals surface area contributed by atoms with E-state index in [1.165, 1.54) is 67.8 Å². The smallest absolute Gasteiger partial charge is 0.266 e. The number of nitrogens with zero attached hydrogens (tertiary/aromatic N) is 1. The Morgan fingerprint density at radius 3 is 2.58 bits per heavy atom. The maximum Gasteiger partial charge on any atom is 0.266 e. The highest BCUT2D eigenvalue weighted by atomic mass is 35.5. The van der Waals surface area contributed by atoms with E-state index in [4.69, 9.17) is 11.6 Å². The highest BCUT2D eigenvalue weighted by Crippen LogP contribution is 2.49. The van der Waals surface area contributed by atoms with Crippen molar-refractivity contribution in [2.75, 3.05) is 10.8 Å². The lowest BCUT2D eigenvalue weighted by Crippen LogP contribution is -2.40. The van der Waals surface area contributed by atoms with E-state index < -0.39 is 15.8 Å². The standard InChI is InChI=1S/C25H28ClFN2O3S/c1-3-12-29(21-9-7-20(27)8-10-21)33(31,32)24-15-19(6-11-23(24)26)25(30)28-16(2)22-14-17-4-5-18(22)13-17/h3,6-11,15-18,22H,1,4-5,12-14H2,2H3,(H,28,30). The van der Waals surface area contributed by atoms with Gasteiger partial charge < -0.3 is 5.32 Å². The lowest BCUT2D eigenvalue weighted by Gasteiger charge is -2.28. The summed E-state index contributed by atoms with van der Waals surface area (Å²) in [5, 5.41) is 3.07. The van der Waals surface area contributed by atoms with E-state index in [0.717, 1.165) is 16.6 Å². The molecule has 4 rings (SSSR count). The Kier molecular flexibility index (Phi) is 6.82. The zero-order valence-corrected chi connectivity index (χ0v) is 20.1. The van der Waals surface area contributed by atoms with E-state index in [0.29, 0.717) is 11.8 Å². The van der Waals surface area contributed by atoms with Crippen LogP contribution >= 0.6 is 11.6 Å². The Morgan fingerprint density at radius 2 is 1.97 bits per heavy atom. The molecule has 0 saturated heterocycles. The van der Waals surface area contributed by atoms with Crippen LogP contribution < -0.4 is 9.62 Å². The maximum absolute atomic E-state index is 13.5. The predicted molar refractivity (Wildman–Crippen MR) is 128 cm³/mol. The van der Waals surface area contributed by atoms with Crippen molar-refractivity contribution in [2.24, 2.45) is 17.8 Å². The normalized spacial score (nSPS) is 22.7. The quantitative estimate of drug-likeness (QED) is 0.503. The average molecular weight is 491 g/mol. The Bertz CT molecular complexity index is 1150. The number of hydrogen-bond acceptors (Lipinski definition) is 3. The van der Waals surface area contributed by atoms with Crippen molar-refractivity contribution in [1.29, 1.82) is 0 Å². The molecule has 2 aromatic rings. The molecule has 2 fully saturated rings. The molecule has 176 valence electrons. The van der Waals surface area contributed by atoms with Crippen LogP contribution in [-0.4, -0.2) is 26.9 Å². The van der Waals surface area contributed by atoms with Crippen LogP contribution in [0.1, 0.15) is 43.0 Å². The summed E-state index contributed by atoms with van der Waals surface area (Å²) >= 11 is 6.27. The lowest BCUT2D eigenvalue weighted by molar-refractivity contribution is 0.0915. The molecule has 2 aliphatic carbocycles. The molecule has 2 saturated carbocycles. The van der Waals surface area contributed by atoms with Gasteiger partial charge in [0.25, 0.3) is 15.9 Å². The summed E-state index contributed by atoms with van der Waals surface area (Å²) in [6.07, 6.45) is 6.33. The first-order chi connectivity index (χ1) is 15.7. The van der Waals surface area contributed by atoms with Crippen LogP contribution in [0.3, 0.4) is 0 Å². The van der Waals surface area contributed by atoms with Crippen molar-refractivity contribution in [3.05, 3.63) is 71.5 Å². The van der Waals surface area contributed by atoms with Crippen LogP contribution in [0.5, 0.6) is 0 Å². The molecule has 1 amide bonds. The second-order valence-corrected chi connectivity index (χ2v) is 11.3. The summed E-state index contributed by atoms with van der Waals surface area (Å²) < 4.78 is 41.4. The second-order valence-electron chi connectivity index (χ2n) is 9.05. The number of hydrogen-bond donors (Lipinski definition) is 1. The van der Waals surface area contributed by atoms with Crippen LogP contribution in [0.4, 0.5) is 10.1 Å². The molecule has 0 aromatic heterocycles. The minimum Gasteiger partial charge on any atom is -0.349 e. The number of halogens is 2. The highest BCUT2D eigenvalue weighted by Gasteiger charge is 2.42. The SMILES string of the molecule is C=CCN(c1ccc(F)cc1)S(=O)(=O)c1cc(C(=O)NC(C)C2CC3CCC2C3)ccc1Cl.